The number of hydrogen-bond donors (Lipinski definition) is 0. The van der Waals surface area contributed by atoms with Crippen molar-refractivity contribution in [3.8, 4) is 0 Å². The summed E-state index contributed by atoms with van der Waals surface area (Å²) < 4.78 is 16.7. The van der Waals surface area contributed by atoms with Gasteiger partial charge in [0.05, 0.1) is 6.61 Å². The van der Waals surface area contributed by atoms with Crippen molar-refractivity contribution in [2.75, 3.05) is 26.3 Å². The van der Waals surface area contributed by atoms with Gasteiger partial charge in [0, 0.05) is 19.2 Å². The molecule has 2 aliphatic heterocycles. The van der Waals surface area contributed by atoms with Crippen LogP contribution in [-0.4, -0.2) is 47.4 Å². The fourth-order valence-electron chi connectivity index (χ4n) is 3.00. The van der Waals surface area contributed by atoms with Crippen LogP contribution in [0.1, 0.15) is 57.0 Å². The van der Waals surface area contributed by atoms with Gasteiger partial charge in [0.1, 0.15) is 12.2 Å². The monoisotopic (exact) mass is 281 g/mol. The second kappa shape index (κ2) is 6.20. The molecule has 3 heterocycles. The van der Waals surface area contributed by atoms with Crippen molar-refractivity contribution in [3.05, 3.63) is 11.7 Å². The number of nitrogens with zero attached hydrogens (tertiary/aromatic N) is 3. The summed E-state index contributed by atoms with van der Waals surface area (Å²) in [6, 6.07) is 0.578. The molecule has 2 fully saturated rings. The van der Waals surface area contributed by atoms with Crippen LogP contribution in [0.4, 0.5) is 0 Å². The molecule has 0 saturated carbocycles. The summed E-state index contributed by atoms with van der Waals surface area (Å²) in [4.78, 5) is 6.94. The SMILES string of the molecule is CCOC(C)c1nc([C@H]2CN3CCCCC3CO2)no1. The van der Waals surface area contributed by atoms with Crippen LogP contribution in [0.15, 0.2) is 4.52 Å². The fraction of sp³-hybridized carbons (Fsp3) is 0.857. The van der Waals surface area contributed by atoms with Gasteiger partial charge in [-0.15, -0.1) is 0 Å². The Labute approximate surface area is 119 Å². The molecule has 0 spiro atoms. The molecule has 2 unspecified atom stereocenters. The highest BCUT2D eigenvalue weighted by atomic mass is 16.5. The molecule has 3 atom stereocenters. The van der Waals surface area contributed by atoms with Gasteiger partial charge in [-0.1, -0.05) is 11.6 Å². The van der Waals surface area contributed by atoms with Gasteiger partial charge in [-0.3, -0.25) is 4.90 Å². The largest absolute Gasteiger partial charge is 0.369 e. The van der Waals surface area contributed by atoms with Crippen molar-refractivity contribution in [1.82, 2.24) is 15.0 Å². The lowest BCUT2D eigenvalue weighted by Crippen LogP contribution is -2.49. The van der Waals surface area contributed by atoms with Crippen LogP contribution in [0.2, 0.25) is 0 Å². The van der Waals surface area contributed by atoms with Gasteiger partial charge in [-0.25, -0.2) is 0 Å². The zero-order valence-electron chi connectivity index (χ0n) is 12.2. The maximum Gasteiger partial charge on any atom is 0.255 e. The first kappa shape index (κ1) is 14.0. The fourth-order valence-corrected chi connectivity index (χ4v) is 3.00. The zero-order chi connectivity index (χ0) is 13.9. The Morgan fingerprint density at radius 1 is 1.45 bits per heavy atom. The molecule has 1 aromatic heterocycles. The number of ether oxygens (including phenoxy) is 2. The molecule has 6 nitrogen and oxygen atoms in total. The second-order valence-corrected chi connectivity index (χ2v) is 5.55. The summed E-state index contributed by atoms with van der Waals surface area (Å²) >= 11 is 0. The molecule has 6 heteroatoms. The van der Waals surface area contributed by atoms with Crippen LogP contribution in [0.25, 0.3) is 0 Å². The molecular formula is C14H23N3O3. The van der Waals surface area contributed by atoms with Crippen molar-refractivity contribution in [2.45, 2.75) is 51.4 Å². The predicted octanol–water partition coefficient (Wildman–Crippen LogP) is 2.09. The summed E-state index contributed by atoms with van der Waals surface area (Å²) in [7, 11) is 0. The first-order valence-electron chi connectivity index (χ1n) is 7.58. The van der Waals surface area contributed by atoms with E-state index >= 15 is 0 Å². The first-order valence-corrected chi connectivity index (χ1v) is 7.58. The molecule has 0 N–H and O–H groups in total. The molecule has 2 aliphatic rings. The lowest BCUT2D eigenvalue weighted by Gasteiger charge is -2.41. The van der Waals surface area contributed by atoms with E-state index in [1.165, 1.54) is 19.3 Å². The highest BCUT2D eigenvalue weighted by Gasteiger charge is 2.33. The van der Waals surface area contributed by atoms with E-state index in [0.717, 1.165) is 19.7 Å². The number of rotatable bonds is 4. The lowest BCUT2D eigenvalue weighted by molar-refractivity contribution is -0.0805. The van der Waals surface area contributed by atoms with Crippen LogP contribution in [0.5, 0.6) is 0 Å². The van der Waals surface area contributed by atoms with E-state index in [1.807, 2.05) is 13.8 Å². The molecule has 1 aromatic rings. The molecule has 0 bridgehead atoms. The van der Waals surface area contributed by atoms with Crippen LogP contribution in [0.3, 0.4) is 0 Å². The number of morpholine rings is 1. The van der Waals surface area contributed by atoms with Gasteiger partial charge >= 0.3 is 0 Å². The minimum absolute atomic E-state index is 0.0734. The molecule has 0 radical (unpaired) electrons. The third-order valence-corrected chi connectivity index (χ3v) is 4.15. The second-order valence-electron chi connectivity index (χ2n) is 5.55. The summed E-state index contributed by atoms with van der Waals surface area (Å²) in [5.41, 5.74) is 0. The molecule has 0 aromatic carbocycles. The standard InChI is InChI=1S/C14H23N3O3/c1-3-18-10(2)14-15-13(16-20-14)12-8-17-7-5-4-6-11(17)9-19-12/h10-12H,3-9H2,1-2H3/t10?,11?,12-/m1/s1. The highest BCUT2D eigenvalue weighted by Crippen LogP contribution is 2.28. The Morgan fingerprint density at radius 3 is 3.20 bits per heavy atom. The smallest absolute Gasteiger partial charge is 0.255 e. The van der Waals surface area contributed by atoms with Crippen molar-refractivity contribution in [2.24, 2.45) is 0 Å². The van der Waals surface area contributed by atoms with Crippen molar-refractivity contribution < 1.29 is 14.0 Å². The summed E-state index contributed by atoms with van der Waals surface area (Å²) in [6.45, 7) is 7.30. The Kier molecular flexibility index (Phi) is 4.33. The number of fused-ring (bicyclic) bond motifs is 1. The van der Waals surface area contributed by atoms with Gasteiger partial charge < -0.3 is 14.0 Å². The van der Waals surface area contributed by atoms with Gasteiger partial charge in [0.2, 0.25) is 5.82 Å². The summed E-state index contributed by atoms with van der Waals surface area (Å²) in [6.07, 6.45) is 3.60. The third kappa shape index (κ3) is 2.87. The Morgan fingerprint density at radius 2 is 2.35 bits per heavy atom. The lowest BCUT2D eigenvalue weighted by atomic mass is 10.0. The van der Waals surface area contributed by atoms with E-state index in [-0.39, 0.29) is 12.2 Å². The van der Waals surface area contributed by atoms with Crippen molar-refractivity contribution in [3.63, 3.8) is 0 Å². The average molecular weight is 281 g/mol. The van der Waals surface area contributed by atoms with E-state index in [9.17, 15) is 0 Å². The number of piperidine rings is 1. The van der Waals surface area contributed by atoms with Crippen LogP contribution >= 0.6 is 0 Å². The Hall–Kier alpha value is -0.980. The molecule has 112 valence electrons. The minimum Gasteiger partial charge on any atom is -0.369 e. The maximum absolute atomic E-state index is 5.92. The van der Waals surface area contributed by atoms with Crippen LogP contribution in [0, 0.1) is 0 Å². The quantitative estimate of drug-likeness (QED) is 0.842. The summed E-state index contributed by atoms with van der Waals surface area (Å²) in [5, 5.41) is 4.06. The molecule has 0 amide bonds. The van der Waals surface area contributed by atoms with Gasteiger partial charge in [0.25, 0.3) is 5.89 Å². The molecule has 2 saturated heterocycles. The normalized spacial score (nSPS) is 29.1. The zero-order valence-corrected chi connectivity index (χ0v) is 12.2. The maximum atomic E-state index is 5.92. The topological polar surface area (TPSA) is 60.6 Å². The van der Waals surface area contributed by atoms with E-state index in [4.69, 9.17) is 14.0 Å². The minimum atomic E-state index is -0.160. The van der Waals surface area contributed by atoms with E-state index in [0.29, 0.717) is 24.4 Å². The number of aromatic nitrogens is 2. The summed E-state index contributed by atoms with van der Waals surface area (Å²) in [5.74, 6) is 1.18. The molecule has 3 rings (SSSR count). The van der Waals surface area contributed by atoms with Gasteiger partial charge in [-0.05, 0) is 33.2 Å². The molecule has 20 heavy (non-hydrogen) atoms. The van der Waals surface area contributed by atoms with Gasteiger partial charge in [-0.2, -0.15) is 4.98 Å². The molecular weight excluding hydrogens is 258 g/mol. The average Bonchev–Trinajstić information content (AvgIpc) is 2.97. The highest BCUT2D eigenvalue weighted by molar-refractivity contribution is 4.97. The Balaban J connectivity index is 1.64. The third-order valence-electron chi connectivity index (χ3n) is 4.15. The van der Waals surface area contributed by atoms with Gasteiger partial charge in [0.15, 0.2) is 0 Å². The molecule has 0 aliphatic carbocycles. The van der Waals surface area contributed by atoms with E-state index in [1.54, 1.807) is 0 Å². The van der Waals surface area contributed by atoms with E-state index < -0.39 is 0 Å². The van der Waals surface area contributed by atoms with Crippen molar-refractivity contribution in [1.29, 1.82) is 0 Å². The number of hydrogen-bond acceptors (Lipinski definition) is 6. The predicted molar refractivity (Wildman–Crippen MR) is 72.2 cm³/mol. The van der Waals surface area contributed by atoms with Crippen LogP contribution in [-0.2, 0) is 9.47 Å². The first-order chi connectivity index (χ1) is 9.78. The van der Waals surface area contributed by atoms with E-state index in [2.05, 4.69) is 15.0 Å². The Bertz CT molecular complexity index is 437. The van der Waals surface area contributed by atoms with Crippen molar-refractivity contribution >= 4 is 0 Å². The van der Waals surface area contributed by atoms with Crippen LogP contribution < -0.4 is 0 Å².